The van der Waals surface area contributed by atoms with Crippen molar-refractivity contribution in [2.45, 2.75) is 17.4 Å². The highest BCUT2D eigenvalue weighted by molar-refractivity contribution is 7.95. The van der Waals surface area contributed by atoms with Crippen LogP contribution in [0.2, 0.25) is 0 Å². The zero-order valence-electron chi connectivity index (χ0n) is 14.1. The number of fused-ring (bicyclic) bond motifs is 1. The van der Waals surface area contributed by atoms with E-state index in [1.165, 1.54) is 12.1 Å². The fourth-order valence-electron chi connectivity index (χ4n) is 2.72. The number of aliphatic carboxylic acids is 1. The molecule has 2 aromatic carbocycles. The van der Waals surface area contributed by atoms with Gasteiger partial charge in [-0.3, -0.25) is 0 Å². The van der Waals surface area contributed by atoms with Gasteiger partial charge in [-0.2, -0.15) is 0 Å². The Kier molecular flexibility index (Phi) is 5.27. The Balaban J connectivity index is 1.62. The predicted molar refractivity (Wildman–Crippen MR) is 95.0 cm³/mol. The lowest BCUT2D eigenvalue weighted by atomic mass is 10.1. The molecule has 1 aliphatic heterocycles. The lowest BCUT2D eigenvalue weighted by Crippen LogP contribution is -2.49. The number of hydrogen-bond donors (Lipinski definition) is 1. The molecule has 0 saturated carbocycles. The van der Waals surface area contributed by atoms with E-state index in [0.717, 1.165) is 0 Å². The van der Waals surface area contributed by atoms with Crippen LogP contribution in [-0.4, -0.2) is 33.1 Å². The first-order valence-corrected chi connectivity index (χ1v) is 9.59. The summed E-state index contributed by atoms with van der Waals surface area (Å²) in [6, 6.07) is 13.8. The van der Waals surface area contributed by atoms with Gasteiger partial charge in [0.1, 0.15) is 6.61 Å². The lowest BCUT2D eigenvalue weighted by Gasteiger charge is -2.19. The molecule has 1 aliphatic rings. The van der Waals surface area contributed by atoms with Crippen LogP contribution in [0.15, 0.2) is 64.4 Å². The maximum absolute atomic E-state index is 12.4. The van der Waals surface area contributed by atoms with Gasteiger partial charge in [0.15, 0.2) is 0 Å². The van der Waals surface area contributed by atoms with Crippen molar-refractivity contribution in [1.29, 1.82) is 0 Å². The second kappa shape index (κ2) is 7.63. The van der Waals surface area contributed by atoms with Gasteiger partial charge in [0.05, 0.1) is 21.8 Å². The molecule has 0 radical (unpaired) electrons. The van der Waals surface area contributed by atoms with Crippen molar-refractivity contribution >= 4 is 28.0 Å². The molecule has 27 heavy (non-hydrogen) atoms. The molecule has 0 saturated heterocycles. The molecule has 1 heterocycles. The molecule has 3 rings (SSSR count). The van der Waals surface area contributed by atoms with Crippen LogP contribution in [0.25, 0.3) is 6.08 Å². The Labute approximate surface area is 156 Å². The fraction of sp³-hybridized carbons (Fsp3) is 0.158. The van der Waals surface area contributed by atoms with Crippen LogP contribution in [-0.2, 0) is 25.8 Å². The van der Waals surface area contributed by atoms with Gasteiger partial charge in [-0.1, -0.05) is 48.5 Å². The minimum atomic E-state index is -3.71. The maximum atomic E-state index is 12.4. The zero-order valence-corrected chi connectivity index (χ0v) is 14.9. The molecule has 140 valence electrons. The average molecular weight is 386 g/mol. The van der Waals surface area contributed by atoms with E-state index in [-0.39, 0.29) is 16.2 Å². The van der Waals surface area contributed by atoms with Crippen LogP contribution in [0.4, 0.5) is 4.79 Å². The number of carbonyl (C=O) groups excluding carboxylic acids is 2. The number of ether oxygens (including phenoxy) is 1. The first kappa shape index (κ1) is 18.7. The number of rotatable bonds is 6. The molecule has 0 aromatic heterocycles. The number of carboxylic acid groups (broad SMARTS) is 1. The van der Waals surface area contributed by atoms with Crippen LogP contribution < -0.4 is 10.4 Å². The van der Waals surface area contributed by atoms with Crippen molar-refractivity contribution in [2.24, 2.45) is 0 Å². The van der Waals surface area contributed by atoms with Crippen molar-refractivity contribution in [1.82, 2.24) is 5.32 Å². The topological polar surface area (TPSA) is 113 Å². The number of carbonyl (C=O) groups is 2. The number of amides is 1. The number of nitrogens with one attached hydrogen (secondary N) is 1. The van der Waals surface area contributed by atoms with Gasteiger partial charge >= 0.3 is 6.09 Å². The molecule has 8 heteroatoms. The van der Waals surface area contributed by atoms with E-state index >= 15 is 0 Å². The third-order valence-electron chi connectivity index (χ3n) is 4.07. The Morgan fingerprint density at radius 3 is 2.37 bits per heavy atom. The summed E-state index contributed by atoms with van der Waals surface area (Å²) in [4.78, 5) is 23.3. The lowest BCUT2D eigenvalue weighted by molar-refractivity contribution is -0.308. The molecular weight excluding hydrogens is 370 g/mol. The normalized spacial score (nSPS) is 15.3. The number of benzene rings is 2. The molecule has 0 bridgehead atoms. The summed E-state index contributed by atoms with van der Waals surface area (Å²) < 4.78 is 29.7. The number of carboxylic acids is 1. The monoisotopic (exact) mass is 386 g/mol. The Bertz CT molecular complexity index is 998. The largest absolute Gasteiger partial charge is 0.548 e. The standard InChI is InChI=1S/C19H17NO6S/c21-18(22)16(10-13-6-2-1-3-7-13)20-19(23)26-12-15-11-14-8-4-5-9-17(14)27(15,24)25/h1-9,11,16H,10,12H2,(H,20,23)(H,21,22)/p-1/t16-/m0/s1. The molecule has 7 nitrogen and oxygen atoms in total. The average Bonchev–Trinajstić information content (AvgIpc) is 2.91. The van der Waals surface area contributed by atoms with Crippen LogP contribution in [0.5, 0.6) is 0 Å². The number of hydrogen-bond acceptors (Lipinski definition) is 6. The Morgan fingerprint density at radius 1 is 1.04 bits per heavy atom. The van der Waals surface area contributed by atoms with Gasteiger partial charge in [-0.25, -0.2) is 13.2 Å². The molecule has 1 amide bonds. The van der Waals surface area contributed by atoms with Crippen LogP contribution in [0.1, 0.15) is 11.1 Å². The SMILES string of the molecule is O=C(N[C@@H](Cc1ccccc1)C(=O)[O-])OCC1=Cc2ccccc2S1(=O)=O. The van der Waals surface area contributed by atoms with Crippen molar-refractivity contribution in [3.8, 4) is 0 Å². The van der Waals surface area contributed by atoms with Crippen LogP contribution in [0.3, 0.4) is 0 Å². The molecule has 0 spiro atoms. The van der Waals surface area contributed by atoms with Gasteiger partial charge in [-0.15, -0.1) is 0 Å². The summed E-state index contributed by atoms with van der Waals surface area (Å²) in [6.45, 7) is -0.492. The van der Waals surface area contributed by atoms with Crippen molar-refractivity contribution < 1.29 is 27.9 Å². The van der Waals surface area contributed by atoms with Crippen molar-refractivity contribution in [3.63, 3.8) is 0 Å². The highest BCUT2D eigenvalue weighted by atomic mass is 32.2. The zero-order chi connectivity index (χ0) is 19.4. The smallest absolute Gasteiger partial charge is 0.408 e. The summed E-state index contributed by atoms with van der Waals surface area (Å²) in [7, 11) is -3.71. The van der Waals surface area contributed by atoms with E-state index in [9.17, 15) is 23.1 Å². The third-order valence-corrected chi connectivity index (χ3v) is 5.95. The van der Waals surface area contributed by atoms with E-state index in [4.69, 9.17) is 4.74 Å². The van der Waals surface area contributed by atoms with Crippen molar-refractivity contribution in [2.75, 3.05) is 6.61 Å². The predicted octanol–water partition coefficient (Wildman–Crippen LogP) is 0.902. The number of alkyl carbamates (subject to hydrolysis) is 1. The summed E-state index contributed by atoms with van der Waals surface area (Å²) in [5, 5.41) is 13.5. The van der Waals surface area contributed by atoms with Gasteiger partial charge in [-0.05, 0) is 29.7 Å². The minimum Gasteiger partial charge on any atom is -0.548 e. The van der Waals surface area contributed by atoms with E-state index in [0.29, 0.717) is 11.1 Å². The first-order valence-electron chi connectivity index (χ1n) is 8.10. The van der Waals surface area contributed by atoms with Crippen LogP contribution in [0, 0.1) is 0 Å². The third kappa shape index (κ3) is 4.17. The highest BCUT2D eigenvalue weighted by Crippen LogP contribution is 2.32. The molecule has 1 atom stereocenters. The van der Waals surface area contributed by atoms with E-state index in [2.05, 4.69) is 5.32 Å². The summed E-state index contributed by atoms with van der Waals surface area (Å²) >= 11 is 0. The van der Waals surface area contributed by atoms with Crippen molar-refractivity contribution in [3.05, 3.63) is 70.6 Å². The fourth-order valence-corrected chi connectivity index (χ4v) is 4.19. The summed E-state index contributed by atoms with van der Waals surface area (Å²) in [6.07, 6.45) is 0.412. The Hall–Kier alpha value is -3.13. The quantitative estimate of drug-likeness (QED) is 0.789. The first-order chi connectivity index (χ1) is 12.9. The molecule has 0 fully saturated rings. The van der Waals surface area contributed by atoms with E-state index in [1.807, 2.05) is 0 Å². The summed E-state index contributed by atoms with van der Waals surface area (Å²) in [5.41, 5.74) is 1.22. The van der Waals surface area contributed by atoms with Gasteiger partial charge in [0, 0.05) is 0 Å². The van der Waals surface area contributed by atoms with Gasteiger partial charge < -0.3 is 20.0 Å². The van der Waals surface area contributed by atoms with E-state index in [1.54, 1.807) is 48.5 Å². The Morgan fingerprint density at radius 2 is 1.70 bits per heavy atom. The second-order valence-electron chi connectivity index (χ2n) is 5.93. The highest BCUT2D eigenvalue weighted by Gasteiger charge is 2.30. The molecular formula is C19H16NO6S-. The summed E-state index contributed by atoms with van der Waals surface area (Å²) in [5.74, 6) is -1.46. The molecule has 0 aliphatic carbocycles. The molecule has 0 unspecified atom stereocenters. The van der Waals surface area contributed by atoms with E-state index < -0.39 is 34.5 Å². The molecule has 2 aromatic rings. The molecule has 1 N–H and O–H groups in total. The number of sulfone groups is 1. The minimum absolute atomic E-state index is 0.0186. The maximum Gasteiger partial charge on any atom is 0.408 e. The van der Waals surface area contributed by atoms with Gasteiger partial charge in [0.2, 0.25) is 9.84 Å². The van der Waals surface area contributed by atoms with Crippen LogP contribution >= 0.6 is 0 Å². The van der Waals surface area contributed by atoms with Gasteiger partial charge in [0.25, 0.3) is 0 Å². The second-order valence-corrected chi connectivity index (χ2v) is 7.90.